The number of H-pyrrole nitrogens is 1. The normalized spacial score (nSPS) is 12.2. The van der Waals surface area contributed by atoms with E-state index in [1.807, 2.05) is 6.92 Å². The molecule has 0 aliphatic heterocycles. The lowest BCUT2D eigenvalue weighted by Gasteiger charge is -2.15. The lowest BCUT2D eigenvalue weighted by Crippen LogP contribution is -2.27. The molecule has 19 heavy (non-hydrogen) atoms. The summed E-state index contributed by atoms with van der Waals surface area (Å²) < 4.78 is 0. The Labute approximate surface area is 120 Å². The van der Waals surface area contributed by atoms with E-state index in [0.29, 0.717) is 15.6 Å². The van der Waals surface area contributed by atoms with E-state index in [2.05, 4.69) is 15.5 Å². The number of anilines is 1. The molecular formula is C12H12Cl2N4O. The summed E-state index contributed by atoms with van der Waals surface area (Å²) in [4.78, 5) is 12.0. The monoisotopic (exact) mass is 298 g/mol. The molecule has 1 atom stereocenters. The minimum atomic E-state index is -0.315. The van der Waals surface area contributed by atoms with Gasteiger partial charge in [0.05, 0.1) is 12.2 Å². The van der Waals surface area contributed by atoms with E-state index >= 15 is 0 Å². The Hall–Kier alpha value is -1.72. The van der Waals surface area contributed by atoms with Crippen LogP contribution in [0.15, 0.2) is 24.4 Å². The van der Waals surface area contributed by atoms with E-state index in [1.165, 1.54) is 6.20 Å². The van der Waals surface area contributed by atoms with Gasteiger partial charge in [0, 0.05) is 10.0 Å². The van der Waals surface area contributed by atoms with Gasteiger partial charge < -0.3 is 11.1 Å². The van der Waals surface area contributed by atoms with Gasteiger partial charge in [-0.2, -0.15) is 5.10 Å². The molecule has 0 aliphatic rings. The molecule has 0 saturated carbocycles. The first-order valence-corrected chi connectivity index (χ1v) is 6.29. The third-order valence-corrected chi connectivity index (χ3v) is 3.25. The summed E-state index contributed by atoms with van der Waals surface area (Å²) in [6.07, 6.45) is 1.38. The molecule has 1 unspecified atom stereocenters. The van der Waals surface area contributed by atoms with Crippen molar-refractivity contribution < 1.29 is 4.79 Å². The zero-order chi connectivity index (χ0) is 14.0. The molecule has 2 aromatic rings. The fourth-order valence-corrected chi connectivity index (χ4v) is 2.25. The number of hydrogen-bond donors (Lipinski definition) is 3. The molecule has 2 rings (SSSR count). The molecule has 0 aliphatic carbocycles. The third kappa shape index (κ3) is 3.00. The maximum absolute atomic E-state index is 12.0. The van der Waals surface area contributed by atoms with Crippen LogP contribution in [0.3, 0.4) is 0 Å². The topological polar surface area (TPSA) is 83.8 Å². The number of nitrogens with zero attached hydrogens (tertiary/aromatic N) is 1. The van der Waals surface area contributed by atoms with Crippen molar-refractivity contribution >= 4 is 34.9 Å². The van der Waals surface area contributed by atoms with Gasteiger partial charge >= 0.3 is 0 Å². The van der Waals surface area contributed by atoms with Crippen LogP contribution in [0.2, 0.25) is 10.0 Å². The molecule has 0 saturated heterocycles. The van der Waals surface area contributed by atoms with Crippen molar-refractivity contribution in [2.75, 3.05) is 5.73 Å². The van der Waals surface area contributed by atoms with Crippen molar-refractivity contribution in [1.29, 1.82) is 0 Å². The second-order valence-electron chi connectivity index (χ2n) is 4.06. The molecule has 4 N–H and O–H groups in total. The number of nitrogens with two attached hydrogens (primary N) is 1. The highest BCUT2D eigenvalue weighted by Gasteiger charge is 2.16. The minimum Gasteiger partial charge on any atom is -0.383 e. The van der Waals surface area contributed by atoms with Gasteiger partial charge in [-0.15, -0.1) is 0 Å². The van der Waals surface area contributed by atoms with Gasteiger partial charge in [-0.3, -0.25) is 9.89 Å². The highest BCUT2D eigenvalue weighted by molar-refractivity contribution is 6.35. The summed E-state index contributed by atoms with van der Waals surface area (Å²) in [5, 5.41) is 10.0. The quantitative estimate of drug-likeness (QED) is 0.814. The number of amides is 1. The molecule has 100 valence electrons. The summed E-state index contributed by atoms with van der Waals surface area (Å²) >= 11 is 11.9. The van der Waals surface area contributed by atoms with E-state index < -0.39 is 0 Å². The van der Waals surface area contributed by atoms with Crippen LogP contribution in [0.5, 0.6) is 0 Å². The van der Waals surface area contributed by atoms with Gasteiger partial charge in [0.1, 0.15) is 11.4 Å². The number of nitrogen functional groups attached to an aromatic ring is 1. The van der Waals surface area contributed by atoms with Gasteiger partial charge in [-0.25, -0.2) is 0 Å². The number of aromatic nitrogens is 2. The van der Waals surface area contributed by atoms with Crippen molar-refractivity contribution in [3.05, 3.63) is 45.6 Å². The molecule has 5 nitrogen and oxygen atoms in total. The van der Waals surface area contributed by atoms with Crippen LogP contribution in [0.1, 0.15) is 28.9 Å². The first-order valence-electron chi connectivity index (χ1n) is 5.53. The summed E-state index contributed by atoms with van der Waals surface area (Å²) in [6, 6.07) is 4.85. The lowest BCUT2D eigenvalue weighted by atomic mass is 10.1. The maximum atomic E-state index is 12.0. The lowest BCUT2D eigenvalue weighted by molar-refractivity contribution is 0.0941. The number of carbonyl (C=O) groups excluding carboxylic acids is 1. The van der Waals surface area contributed by atoms with Crippen molar-refractivity contribution in [1.82, 2.24) is 15.5 Å². The number of benzene rings is 1. The van der Waals surface area contributed by atoms with Crippen LogP contribution in [0.4, 0.5) is 5.82 Å². The van der Waals surface area contributed by atoms with E-state index in [-0.39, 0.29) is 17.8 Å². The van der Waals surface area contributed by atoms with E-state index in [4.69, 9.17) is 28.9 Å². The van der Waals surface area contributed by atoms with Gasteiger partial charge in [-0.05, 0) is 24.6 Å². The molecule has 0 bridgehead atoms. The van der Waals surface area contributed by atoms with Gasteiger partial charge in [0.25, 0.3) is 5.91 Å². The summed E-state index contributed by atoms with van der Waals surface area (Å²) in [5.74, 6) is -0.0864. The Morgan fingerprint density at radius 3 is 2.79 bits per heavy atom. The van der Waals surface area contributed by atoms with Crippen molar-refractivity contribution in [2.45, 2.75) is 13.0 Å². The predicted molar refractivity (Wildman–Crippen MR) is 75.3 cm³/mol. The maximum Gasteiger partial charge on any atom is 0.257 e. The fourth-order valence-electron chi connectivity index (χ4n) is 1.68. The van der Waals surface area contributed by atoms with E-state index in [0.717, 1.165) is 5.56 Å². The molecule has 1 aromatic heterocycles. The van der Waals surface area contributed by atoms with E-state index in [9.17, 15) is 4.79 Å². The summed E-state index contributed by atoms with van der Waals surface area (Å²) in [6.45, 7) is 1.82. The van der Waals surface area contributed by atoms with Gasteiger partial charge in [-0.1, -0.05) is 29.3 Å². The first-order chi connectivity index (χ1) is 8.99. The molecule has 1 amide bonds. The van der Waals surface area contributed by atoms with Crippen molar-refractivity contribution in [2.24, 2.45) is 0 Å². The SMILES string of the molecule is CC(NC(=O)c1cn[nH]c1N)c1ccc(Cl)cc1Cl. The second-order valence-corrected chi connectivity index (χ2v) is 4.90. The van der Waals surface area contributed by atoms with Crippen LogP contribution >= 0.6 is 23.2 Å². The minimum absolute atomic E-state index is 0.229. The Morgan fingerprint density at radius 2 is 2.21 bits per heavy atom. The summed E-state index contributed by atoms with van der Waals surface area (Å²) in [5.41, 5.74) is 6.67. The smallest absolute Gasteiger partial charge is 0.257 e. The number of nitrogens with one attached hydrogen (secondary N) is 2. The van der Waals surface area contributed by atoms with E-state index in [1.54, 1.807) is 18.2 Å². The molecule has 1 heterocycles. The van der Waals surface area contributed by atoms with Crippen LogP contribution in [0, 0.1) is 0 Å². The number of hydrogen-bond acceptors (Lipinski definition) is 3. The third-order valence-electron chi connectivity index (χ3n) is 2.69. The Bertz CT molecular complexity index is 612. The van der Waals surface area contributed by atoms with Crippen molar-refractivity contribution in [3.63, 3.8) is 0 Å². The number of halogens is 2. The van der Waals surface area contributed by atoms with Crippen LogP contribution in [0.25, 0.3) is 0 Å². The Kier molecular flexibility index (Phi) is 3.97. The average Bonchev–Trinajstić information content (AvgIpc) is 2.75. The zero-order valence-corrected chi connectivity index (χ0v) is 11.6. The molecule has 1 aromatic carbocycles. The number of aromatic amines is 1. The Balaban J connectivity index is 2.15. The molecular weight excluding hydrogens is 287 g/mol. The van der Waals surface area contributed by atoms with Crippen LogP contribution in [-0.2, 0) is 0 Å². The largest absolute Gasteiger partial charge is 0.383 e. The fraction of sp³-hybridized carbons (Fsp3) is 0.167. The standard InChI is InChI=1S/C12H12Cl2N4O/c1-6(8-3-2-7(13)4-10(8)14)17-12(19)9-5-16-18-11(9)15/h2-6H,1H3,(H,17,19)(H3,15,16,18). The number of carbonyl (C=O) groups is 1. The predicted octanol–water partition coefficient (Wildman–Crippen LogP) is 2.79. The first kappa shape index (κ1) is 13.7. The van der Waals surface area contributed by atoms with Gasteiger partial charge in [0.2, 0.25) is 0 Å². The van der Waals surface area contributed by atoms with Crippen molar-refractivity contribution in [3.8, 4) is 0 Å². The second kappa shape index (κ2) is 5.50. The van der Waals surface area contributed by atoms with Crippen LogP contribution < -0.4 is 11.1 Å². The average molecular weight is 299 g/mol. The zero-order valence-electron chi connectivity index (χ0n) is 10.1. The highest BCUT2D eigenvalue weighted by atomic mass is 35.5. The Morgan fingerprint density at radius 1 is 1.47 bits per heavy atom. The van der Waals surface area contributed by atoms with Crippen LogP contribution in [-0.4, -0.2) is 16.1 Å². The van der Waals surface area contributed by atoms with Gasteiger partial charge in [0.15, 0.2) is 0 Å². The molecule has 7 heteroatoms. The highest BCUT2D eigenvalue weighted by Crippen LogP contribution is 2.26. The molecule has 0 fully saturated rings. The molecule has 0 spiro atoms. The summed E-state index contributed by atoms with van der Waals surface area (Å²) in [7, 11) is 0. The number of rotatable bonds is 3. The molecule has 0 radical (unpaired) electrons.